The predicted octanol–water partition coefficient (Wildman–Crippen LogP) is 2.98. The van der Waals surface area contributed by atoms with Crippen molar-refractivity contribution in [1.82, 2.24) is 5.43 Å². The van der Waals surface area contributed by atoms with Crippen molar-refractivity contribution >= 4 is 34.5 Å². The van der Waals surface area contributed by atoms with Gasteiger partial charge in [-0.2, -0.15) is 5.10 Å². The molecule has 4 rings (SSSR count). The highest BCUT2D eigenvalue weighted by atomic mass is 16.5. The molecule has 0 aromatic heterocycles. The SMILES string of the molecule is COc1cc(/C=N/NC(=O)CN2C(=O)c3cccc4cccc2c34)cc(OC)c1OC. The van der Waals surface area contributed by atoms with Crippen molar-refractivity contribution < 1.29 is 23.8 Å². The number of carbonyl (C=O) groups excluding carboxylic acids is 2. The van der Waals surface area contributed by atoms with Crippen LogP contribution in [0.2, 0.25) is 0 Å². The monoisotopic (exact) mass is 419 g/mol. The van der Waals surface area contributed by atoms with Crippen LogP contribution >= 0.6 is 0 Å². The summed E-state index contributed by atoms with van der Waals surface area (Å²) in [5.74, 6) is 0.802. The number of hydrogen-bond acceptors (Lipinski definition) is 6. The summed E-state index contributed by atoms with van der Waals surface area (Å²) in [6, 6.07) is 14.6. The van der Waals surface area contributed by atoms with Gasteiger partial charge in [-0.3, -0.25) is 14.5 Å². The normalized spacial score (nSPS) is 12.5. The summed E-state index contributed by atoms with van der Waals surface area (Å²) in [5.41, 5.74) is 4.43. The molecule has 31 heavy (non-hydrogen) atoms. The zero-order valence-electron chi connectivity index (χ0n) is 17.3. The Balaban J connectivity index is 1.48. The smallest absolute Gasteiger partial charge is 0.260 e. The quantitative estimate of drug-likeness (QED) is 0.470. The molecule has 0 saturated carbocycles. The van der Waals surface area contributed by atoms with Crippen molar-refractivity contribution in [1.29, 1.82) is 0 Å². The first kappa shape index (κ1) is 20.2. The third-order valence-electron chi connectivity index (χ3n) is 5.04. The maximum atomic E-state index is 12.8. The van der Waals surface area contributed by atoms with Gasteiger partial charge in [0.05, 0.1) is 33.2 Å². The van der Waals surface area contributed by atoms with E-state index in [9.17, 15) is 9.59 Å². The van der Waals surface area contributed by atoms with Crippen molar-refractivity contribution in [2.75, 3.05) is 32.8 Å². The topological polar surface area (TPSA) is 89.5 Å². The largest absolute Gasteiger partial charge is 0.493 e. The van der Waals surface area contributed by atoms with Crippen molar-refractivity contribution in [3.63, 3.8) is 0 Å². The van der Waals surface area contributed by atoms with Gasteiger partial charge >= 0.3 is 0 Å². The number of nitrogens with zero attached hydrogens (tertiary/aromatic N) is 2. The van der Waals surface area contributed by atoms with E-state index >= 15 is 0 Å². The molecule has 0 bridgehead atoms. The van der Waals surface area contributed by atoms with Crippen LogP contribution < -0.4 is 24.5 Å². The molecule has 3 aromatic rings. The van der Waals surface area contributed by atoms with Crippen molar-refractivity contribution in [3.8, 4) is 17.2 Å². The number of carbonyl (C=O) groups is 2. The van der Waals surface area contributed by atoms with Gasteiger partial charge in [0.2, 0.25) is 5.75 Å². The third kappa shape index (κ3) is 3.63. The van der Waals surface area contributed by atoms with Gasteiger partial charge in [-0.05, 0) is 29.7 Å². The average Bonchev–Trinajstić information content (AvgIpc) is 3.06. The summed E-state index contributed by atoms with van der Waals surface area (Å²) in [4.78, 5) is 26.7. The van der Waals surface area contributed by atoms with Gasteiger partial charge in [-0.25, -0.2) is 5.43 Å². The van der Waals surface area contributed by atoms with Crippen LogP contribution in [-0.2, 0) is 4.79 Å². The number of methoxy groups -OCH3 is 3. The third-order valence-corrected chi connectivity index (χ3v) is 5.04. The number of hydrogen-bond donors (Lipinski definition) is 1. The molecule has 3 aromatic carbocycles. The first-order valence-corrected chi connectivity index (χ1v) is 9.53. The molecular formula is C23H21N3O5. The zero-order valence-corrected chi connectivity index (χ0v) is 17.3. The van der Waals surface area contributed by atoms with Gasteiger partial charge in [-0.1, -0.05) is 24.3 Å². The van der Waals surface area contributed by atoms with Crippen LogP contribution in [0.4, 0.5) is 5.69 Å². The second-order valence-corrected chi connectivity index (χ2v) is 6.82. The van der Waals surface area contributed by atoms with E-state index in [4.69, 9.17) is 14.2 Å². The average molecular weight is 419 g/mol. The lowest BCUT2D eigenvalue weighted by atomic mass is 10.1. The molecule has 0 atom stereocenters. The van der Waals surface area contributed by atoms with Crippen LogP contribution in [0.5, 0.6) is 17.2 Å². The summed E-state index contributed by atoms with van der Waals surface area (Å²) in [6.45, 7) is -0.140. The minimum Gasteiger partial charge on any atom is -0.493 e. The van der Waals surface area contributed by atoms with E-state index in [1.165, 1.54) is 32.4 Å². The standard InChI is InChI=1S/C23H21N3O5/c1-29-18-10-14(11-19(30-2)22(18)31-3)12-24-25-20(27)13-26-17-9-5-7-15-6-4-8-16(21(15)17)23(26)28/h4-12H,13H2,1-3H3,(H,25,27)/b24-12+. The Morgan fingerprint density at radius 2 is 1.71 bits per heavy atom. The van der Waals surface area contributed by atoms with E-state index < -0.39 is 5.91 Å². The highest BCUT2D eigenvalue weighted by Gasteiger charge is 2.30. The molecule has 2 amide bonds. The first-order chi connectivity index (χ1) is 15.1. The predicted molar refractivity (Wildman–Crippen MR) is 117 cm³/mol. The molecule has 1 N–H and O–H groups in total. The Morgan fingerprint density at radius 1 is 1.03 bits per heavy atom. The number of nitrogens with one attached hydrogen (secondary N) is 1. The summed E-state index contributed by atoms with van der Waals surface area (Å²) in [6.07, 6.45) is 1.46. The number of ether oxygens (including phenoxy) is 3. The van der Waals surface area contributed by atoms with E-state index in [2.05, 4.69) is 10.5 Å². The van der Waals surface area contributed by atoms with Gasteiger partial charge in [0.1, 0.15) is 6.54 Å². The number of anilines is 1. The number of hydrazone groups is 1. The van der Waals surface area contributed by atoms with Crippen LogP contribution in [0.1, 0.15) is 15.9 Å². The van der Waals surface area contributed by atoms with Crippen molar-refractivity contribution in [2.24, 2.45) is 5.10 Å². The Labute approximate surface area is 179 Å². The first-order valence-electron chi connectivity index (χ1n) is 9.53. The molecule has 0 unspecified atom stereocenters. The van der Waals surface area contributed by atoms with Crippen molar-refractivity contribution in [2.45, 2.75) is 0 Å². The second kappa shape index (κ2) is 8.35. The lowest BCUT2D eigenvalue weighted by Crippen LogP contribution is -2.37. The molecule has 8 heteroatoms. The maximum Gasteiger partial charge on any atom is 0.260 e. The molecule has 0 saturated heterocycles. The summed E-state index contributed by atoms with van der Waals surface area (Å²) < 4.78 is 15.9. The van der Waals surface area contributed by atoms with Crippen molar-refractivity contribution in [3.05, 3.63) is 59.7 Å². The van der Waals surface area contributed by atoms with E-state index in [1.807, 2.05) is 30.3 Å². The van der Waals surface area contributed by atoms with Gasteiger partial charge in [0.25, 0.3) is 11.8 Å². The molecule has 158 valence electrons. The number of amides is 2. The highest BCUT2D eigenvalue weighted by molar-refractivity contribution is 6.26. The fourth-order valence-corrected chi connectivity index (χ4v) is 3.67. The van der Waals surface area contributed by atoms with E-state index in [0.29, 0.717) is 28.4 Å². The minimum atomic E-state index is -0.415. The van der Waals surface area contributed by atoms with Gasteiger partial charge in [-0.15, -0.1) is 0 Å². The van der Waals surface area contributed by atoms with Crippen LogP contribution in [0.3, 0.4) is 0 Å². The molecule has 1 aliphatic rings. The summed E-state index contributed by atoms with van der Waals surface area (Å²) in [7, 11) is 4.56. The Morgan fingerprint density at radius 3 is 2.35 bits per heavy atom. The minimum absolute atomic E-state index is 0.140. The van der Waals surface area contributed by atoms with E-state index in [-0.39, 0.29) is 12.5 Å². The molecule has 0 spiro atoms. The van der Waals surface area contributed by atoms with Crippen LogP contribution in [0, 0.1) is 0 Å². The Bertz CT molecular complexity index is 1170. The lowest BCUT2D eigenvalue weighted by Gasteiger charge is -2.16. The van der Waals surface area contributed by atoms with Gasteiger partial charge in [0.15, 0.2) is 11.5 Å². The van der Waals surface area contributed by atoms with E-state index in [0.717, 1.165) is 16.5 Å². The number of rotatable bonds is 7. The summed E-state index contributed by atoms with van der Waals surface area (Å²) in [5, 5.41) is 5.83. The number of benzene rings is 3. The zero-order chi connectivity index (χ0) is 22.0. The van der Waals surface area contributed by atoms with Crippen LogP contribution in [0.25, 0.3) is 10.8 Å². The Hall–Kier alpha value is -4.07. The molecule has 1 aliphatic heterocycles. The Kier molecular flexibility index (Phi) is 5.44. The molecular weight excluding hydrogens is 398 g/mol. The maximum absolute atomic E-state index is 12.8. The molecule has 0 fully saturated rings. The molecule has 1 heterocycles. The second-order valence-electron chi connectivity index (χ2n) is 6.82. The van der Waals surface area contributed by atoms with E-state index in [1.54, 1.807) is 18.2 Å². The lowest BCUT2D eigenvalue weighted by molar-refractivity contribution is -0.119. The molecule has 8 nitrogen and oxygen atoms in total. The van der Waals surface area contributed by atoms with Crippen LogP contribution in [0.15, 0.2) is 53.6 Å². The highest BCUT2D eigenvalue weighted by Crippen LogP contribution is 2.38. The van der Waals surface area contributed by atoms with Gasteiger partial charge < -0.3 is 14.2 Å². The molecule has 0 radical (unpaired) electrons. The molecule has 0 aliphatic carbocycles. The van der Waals surface area contributed by atoms with Gasteiger partial charge in [0, 0.05) is 16.5 Å². The fraction of sp³-hybridized carbons (Fsp3) is 0.174. The fourth-order valence-electron chi connectivity index (χ4n) is 3.67. The summed E-state index contributed by atoms with van der Waals surface area (Å²) >= 11 is 0. The van der Waals surface area contributed by atoms with Crippen LogP contribution in [-0.4, -0.2) is 45.9 Å².